The van der Waals surface area contributed by atoms with Gasteiger partial charge in [0, 0.05) is 25.4 Å². The monoisotopic (exact) mass is 348 g/mol. The number of ether oxygens (including phenoxy) is 2. The molecule has 1 amide bonds. The lowest BCUT2D eigenvalue weighted by molar-refractivity contribution is 0.0942. The molecule has 1 aromatic carbocycles. The second-order valence-corrected chi connectivity index (χ2v) is 5.97. The van der Waals surface area contributed by atoms with Gasteiger partial charge in [-0.2, -0.15) is 0 Å². The Bertz CT molecular complexity index is 813. The predicted octanol–water partition coefficient (Wildman–Crippen LogP) is 2.58. The van der Waals surface area contributed by atoms with Crippen LogP contribution in [0, 0.1) is 0 Å². The van der Waals surface area contributed by atoms with E-state index in [0.717, 1.165) is 5.56 Å². The van der Waals surface area contributed by atoms with Crippen molar-refractivity contribution in [3.05, 3.63) is 46.2 Å². The van der Waals surface area contributed by atoms with Crippen LogP contribution in [0.2, 0.25) is 5.02 Å². The number of benzene rings is 1. The summed E-state index contributed by atoms with van der Waals surface area (Å²) in [6.07, 6.45) is 1.64. The van der Waals surface area contributed by atoms with E-state index in [1.54, 1.807) is 36.0 Å². The van der Waals surface area contributed by atoms with Gasteiger partial charge >= 0.3 is 0 Å². The quantitative estimate of drug-likeness (QED) is 0.862. The van der Waals surface area contributed by atoms with E-state index in [1.165, 1.54) is 6.92 Å². The van der Waals surface area contributed by atoms with E-state index in [-0.39, 0.29) is 18.2 Å². The Morgan fingerprint density at radius 1 is 1.25 bits per heavy atom. The summed E-state index contributed by atoms with van der Waals surface area (Å²) in [5.41, 5.74) is 1.73. The van der Waals surface area contributed by atoms with Crippen LogP contribution in [-0.2, 0) is 13.6 Å². The summed E-state index contributed by atoms with van der Waals surface area (Å²) >= 11 is 6.18. The number of aryl methyl sites for hydroxylation is 1. The number of nitrogens with zero attached hydrogens (tertiary/aromatic N) is 1. The van der Waals surface area contributed by atoms with Gasteiger partial charge in [0.2, 0.25) is 0 Å². The van der Waals surface area contributed by atoms with Crippen molar-refractivity contribution >= 4 is 23.3 Å². The number of amides is 1. The summed E-state index contributed by atoms with van der Waals surface area (Å²) in [4.78, 5) is 23.7. The summed E-state index contributed by atoms with van der Waals surface area (Å²) in [6, 6.07) is 5.11. The Hall–Kier alpha value is -2.47. The second-order valence-electron chi connectivity index (χ2n) is 5.57. The number of halogens is 1. The normalized spacial score (nSPS) is 12.8. The number of fused-ring (bicyclic) bond motifs is 1. The average molecular weight is 349 g/mol. The number of carbonyl (C=O) groups is 2. The van der Waals surface area contributed by atoms with Gasteiger partial charge in [0.15, 0.2) is 17.3 Å². The zero-order valence-electron chi connectivity index (χ0n) is 13.4. The molecule has 1 N–H and O–H groups in total. The summed E-state index contributed by atoms with van der Waals surface area (Å²) in [6.45, 7) is 2.69. The first-order chi connectivity index (χ1) is 11.5. The van der Waals surface area contributed by atoms with Crippen LogP contribution in [0.15, 0.2) is 24.4 Å². The van der Waals surface area contributed by atoms with E-state index < -0.39 is 0 Å². The van der Waals surface area contributed by atoms with Crippen molar-refractivity contribution in [3.8, 4) is 11.5 Å². The molecule has 1 aliphatic rings. The number of aromatic nitrogens is 1. The molecule has 2 aromatic rings. The van der Waals surface area contributed by atoms with Crippen molar-refractivity contribution in [2.24, 2.45) is 7.05 Å². The zero-order valence-corrected chi connectivity index (χ0v) is 14.1. The predicted molar refractivity (Wildman–Crippen MR) is 89.0 cm³/mol. The van der Waals surface area contributed by atoms with Gasteiger partial charge in [0.1, 0.15) is 18.9 Å². The largest absolute Gasteiger partial charge is 0.486 e. The highest BCUT2D eigenvalue weighted by Crippen LogP contribution is 2.38. The maximum atomic E-state index is 12.3. The molecule has 0 fully saturated rings. The molecule has 0 bridgehead atoms. The lowest BCUT2D eigenvalue weighted by atomic mass is 10.2. The van der Waals surface area contributed by atoms with Crippen LogP contribution >= 0.6 is 11.6 Å². The summed E-state index contributed by atoms with van der Waals surface area (Å²) in [5.74, 6) is 0.765. The van der Waals surface area contributed by atoms with Gasteiger partial charge < -0.3 is 19.4 Å². The molecule has 1 aromatic heterocycles. The maximum Gasteiger partial charge on any atom is 0.268 e. The van der Waals surface area contributed by atoms with E-state index in [4.69, 9.17) is 21.1 Å². The third-order valence-electron chi connectivity index (χ3n) is 3.75. The van der Waals surface area contributed by atoms with Gasteiger partial charge in [-0.15, -0.1) is 0 Å². The average Bonchev–Trinajstić information content (AvgIpc) is 2.95. The molecule has 0 saturated carbocycles. The first kappa shape index (κ1) is 16.4. The van der Waals surface area contributed by atoms with Gasteiger partial charge in [-0.05, 0) is 30.7 Å². The summed E-state index contributed by atoms with van der Waals surface area (Å²) in [7, 11) is 1.72. The summed E-state index contributed by atoms with van der Waals surface area (Å²) < 4.78 is 12.6. The fraction of sp³-hybridized carbons (Fsp3) is 0.294. The van der Waals surface area contributed by atoms with Crippen LogP contribution in [-0.4, -0.2) is 29.5 Å². The van der Waals surface area contributed by atoms with Crippen molar-refractivity contribution in [1.29, 1.82) is 0 Å². The third-order valence-corrected chi connectivity index (χ3v) is 4.03. The number of carbonyl (C=O) groups excluding carboxylic acids is 2. The lowest BCUT2D eigenvalue weighted by Crippen LogP contribution is -2.25. The molecule has 0 saturated heterocycles. The van der Waals surface area contributed by atoms with Crippen LogP contribution in [0.1, 0.15) is 33.3 Å². The van der Waals surface area contributed by atoms with E-state index in [0.29, 0.717) is 41.0 Å². The number of rotatable bonds is 4. The van der Waals surface area contributed by atoms with Crippen LogP contribution in [0.5, 0.6) is 11.5 Å². The zero-order chi connectivity index (χ0) is 17.3. The van der Waals surface area contributed by atoms with Gasteiger partial charge in [-0.25, -0.2) is 0 Å². The highest BCUT2D eigenvalue weighted by Gasteiger charge is 2.18. The maximum absolute atomic E-state index is 12.3. The SMILES string of the molecule is CC(=O)c1cc(C(=O)NCc2cc(Cl)c3c(c2)OCCO3)n(C)c1. The highest BCUT2D eigenvalue weighted by molar-refractivity contribution is 6.32. The van der Waals surface area contributed by atoms with Gasteiger partial charge in [-0.1, -0.05) is 11.6 Å². The molecule has 126 valence electrons. The minimum atomic E-state index is -0.268. The molecule has 3 rings (SSSR count). The standard InChI is InChI=1S/C17H17ClN2O4/c1-10(21)12-7-14(20(2)9-12)17(22)19-8-11-5-13(18)16-15(6-11)23-3-4-24-16/h5-7,9H,3-4,8H2,1-2H3,(H,19,22). The molecule has 0 atom stereocenters. The molecule has 7 heteroatoms. The topological polar surface area (TPSA) is 69.6 Å². The minimum Gasteiger partial charge on any atom is -0.486 e. The van der Waals surface area contributed by atoms with Gasteiger partial charge in [-0.3, -0.25) is 9.59 Å². The Morgan fingerprint density at radius 2 is 2.00 bits per heavy atom. The fourth-order valence-electron chi connectivity index (χ4n) is 2.52. The van der Waals surface area contributed by atoms with Crippen molar-refractivity contribution in [2.45, 2.75) is 13.5 Å². The number of ketones is 1. The van der Waals surface area contributed by atoms with Crippen LogP contribution < -0.4 is 14.8 Å². The first-order valence-electron chi connectivity index (χ1n) is 7.49. The van der Waals surface area contributed by atoms with E-state index >= 15 is 0 Å². The van der Waals surface area contributed by atoms with Crippen molar-refractivity contribution in [1.82, 2.24) is 9.88 Å². The van der Waals surface area contributed by atoms with Crippen LogP contribution in [0.25, 0.3) is 0 Å². The van der Waals surface area contributed by atoms with Crippen molar-refractivity contribution in [3.63, 3.8) is 0 Å². The van der Waals surface area contributed by atoms with Crippen LogP contribution in [0.4, 0.5) is 0 Å². The smallest absolute Gasteiger partial charge is 0.268 e. The number of nitrogens with one attached hydrogen (secondary N) is 1. The molecule has 2 heterocycles. The molecule has 0 aliphatic carbocycles. The van der Waals surface area contributed by atoms with E-state index in [9.17, 15) is 9.59 Å². The van der Waals surface area contributed by atoms with Crippen molar-refractivity contribution in [2.75, 3.05) is 13.2 Å². The van der Waals surface area contributed by atoms with Crippen LogP contribution in [0.3, 0.4) is 0 Å². The molecule has 0 radical (unpaired) electrons. The number of Topliss-reactive ketones (excluding diaryl/α,β-unsaturated/α-hetero) is 1. The van der Waals surface area contributed by atoms with Gasteiger partial charge in [0.05, 0.1) is 5.02 Å². The molecular formula is C17H17ClN2O4. The first-order valence-corrected chi connectivity index (χ1v) is 7.87. The van der Waals surface area contributed by atoms with Gasteiger partial charge in [0.25, 0.3) is 5.91 Å². The number of hydrogen-bond acceptors (Lipinski definition) is 4. The van der Waals surface area contributed by atoms with E-state index in [2.05, 4.69) is 5.32 Å². The van der Waals surface area contributed by atoms with E-state index in [1.807, 2.05) is 0 Å². The Labute approximate surface area is 144 Å². The molecule has 6 nitrogen and oxygen atoms in total. The molecule has 24 heavy (non-hydrogen) atoms. The molecular weight excluding hydrogens is 332 g/mol. The Morgan fingerprint density at radius 3 is 2.71 bits per heavy atom. The Balaban J connectivity index is 1.73. The molecule has 0 spiro atoms. The third kappa shape index (κ3) is 3.23. The highest BCUT2D eigenvalue weighted by atomic mass is 35.5. The number of hydrogen-bond donors (Lipinski definition) is 1. The fourth-order valence-corrected chi connectivity index (χ4v) is 2.81. The minimum absolute atomic E-state index is 0.0803. The molecule has 0 unspecified atom stereocenters. The second kappa shape index (κ2) is 6.57. The molecule has 1 aliphatic heterocycles. The van der Waals surface area contributed by atoms with Crippen molar-refractivity contribution < 1.29 is 19.1 Å². The lowest BCUT2D eigenvalue weighted by Gasteiger charge is -2.20. The summed E-state index contributed by atoms with van der Waals surface area (Å²) in [5, 5.41) is 3.27. The Kier molecular flexibility index (Phi) is 4.49.